The van der Waals surface area contributed by atoms with Gasteiger partial charge < -0.3 is 23.7 Å². The average Bonchev–Trinajstić information content (AvgIpc) is 2.84. The number of esters is 1. The molecule has 3 aliphatic heterocycles. The van der Waals surface area contributed by atoms with Gasteiger partial charge in [-0.15, -0.1) is 0 Å². The van der Waals surface area contributed by atoms with Crippen LogP contribution in [-0.4, -0.2) is 44.2 Å². The highest BCUT2D eigenvalue weighted by atomic mass is 16.8. The monoisotopic (exact) mass is 270 g/mol. The molecule has 0 aliphatic carbocycles. The molecule has 3 atom stereocenters. The van der Waals surface area contributed by atoms with E-state index in [0.29, 0.717) is 19.8 Å². The number of hydrogen-bond donors (Lipinski definition) is 0. The SMILES string of the molecule is O=C(/C=C\C1(OC2CCCO2)CO1)OC1CCCO1. The fourth-order valence-corrected chi connectivity index (χ4v) is 2.14. The van der Waals surface area contributed by atoms with Crippen molar-refractivity contribution in [3.05, 3.63) is 12.2 Å². The highest BCUT2D eigenvalue weighted by molar-refractivity contribution is 5.82. The summed E-state index contributed by atoms with van der Waals surface area (Å²) in [4.78, 5) is 11.6. The molecule has 6 nitrogen and oxygen atoms in total. The van der Waals surface area contributed by atoms with Crippen LogP contribution in [0.1, 0.15) is 25.7 Å². The summed E-state index contributed by atoms with van der Waals surface area (Å²) < 4.78 is 26.6. The minimum absolute atomic E-state index is 0.235. The summed E-state index contributed by atoms with van der Waals surface area (Å²) in [6, 6.07) is 0. The Balaban J connectivity index is 1.46. The van der Waals surface area contributed by atoms with Crippen LogP contribution in [0.4, 0.5) is 0 Å². The minimum atomic E-state index is -0.801. The molecule has 3 heterocycles. The van der Waals surface area contributed by atoms with Gasteiger partial charge in [0.05, 0.1) is 6.61 Å². The Labute approximate surface area is 111 Å². The zero-order valence-electron chi connectivity index (χ0n) is 10.7. The van der Waals surface area contributed by atoms with Crippen LogP contribution < -0.4 is 0 Å². The lowest BCUT2D eigenvalue weighted by Crippen LogP contribution is -2.23. The van der Waals surface area contributed by atoms with Crippen molar-refractivity contribution in [1.29, 1.82) is 0 Å². The van der Waals surface area contributed by atoms with Gasteiger partial charge >= 0.3 is 5.97 Å². The van der Waals surface area contributed by atoms with Crippen molar-refractivity contribution in [2.75, 3.05) is 19.8 Å². The predicted octanol–water partition coefficient (Wildman–Crippen LogP) is 1.10. The van der Waals surface area contributed by atoms with Crippen LogP contribution in [0.5, 0.6) is 0 Å². The summed E-state index contributed by atoms with van der Waals surface area (Å²) in [6.07, 6.45) is 5.82. The molecular weight excluding hydrogens is 252 g/mol. The minimum Gasteiger partial charge on any atom is -0.433 e. The summed E-state index contributed by atoms with van der Waals surface area (Å²) in [6.45, 7) is 1.80. The third-order valence-electron chi connectivity index (χ3n) is 3.26. The maximum absolute atomic E-state index is 11.6. The van der Waals surface area contributed by atoms with E-state index in [0.717, 1.165) is 25.7 Å². The zero-order chi connectivity index (χ0) is 13.1. The van der Waals surface area contributed by atoms with E-state index in [2.05, 4.69) is 0 Å². The van der Waals surface area contributed by atoms with Crippen LogP contribution in [-0.2, 0) is 28.5 Å². The van der Waals surface area contributed by atoms with E-state index in [1.165, 1.54) is 6.08 Å². The van der Waals surface area contributed by atoms with Gasteiger partial charge in [0.2, 0.25) is 12.1 Å². The van der Waals surface area contributed by atoms with Crippen molar-refractivity contribution in [2.45, 2.75) is 44.1 Å². The van der Waals surface area contributed by atoms with Crippen molar-refractivity contribution >= 4 is 5.97 Å². The Morgan fingerprint density at radius 3 is 2.42 bits per heavy atom. The van der Waals surface area contributed by atoms with E-state index in [-0.39, 0.29) is 6.29 Å². The van der Waals surface area contributed by atoms with Gasteiger partial charge in [-0.1, -0.05) is 0 Å². The maximum Gasteiger partial charge on any atom is 0.332 e. The van der Waals surface area contributed by atoms with Crippen LogP contribution in [0.3, 0.4) is 0 Å². The Morgan fingerprint density at radius 1 is 1.16 bits per heavy atom. The van der Waals surface area contributed by atoms with E-state index in [1.54, 1.807) is 6.08 Å². The van der Waals surface area contributed by atoms with E-state index in [9.17, 15) is 4.79 Å². The molecule has 0 N–H and O–H groups in total. The van der Waals surface area contributed by atoms with Crippen LogP contribution in [0.25, 0.3) is 0 Å². The highest BCUT2D eigenvalue weighted by Crippen LogP contribution is 2.34. The van der Waals surface area contributed by atoms with Gasteiger partial charge in [0.1, 0.15) is 6.61 Å². The lowest BCUT2D eigenvalue weighted by atomic mass is 10.3. The van der Waals surface area contributed by atoms with Crippen LogP contribution in [0.15, 0.2) is 12.2 Å². The third kappa shape index (κ3) is 3.54. The number of rotatable bonds is 5. The van der Waals surface area contributed by atoms with E-state index >= 15 is 0 Å². The molecular formula is C13H18O6. The summed E-state index contributed by atoms with van der Waals surface area (Å²) in [5.41, 5.74) is 0. The Kier molecular flexibility index (Phi) is 3.83. The molecule has 0 radical (unpaired) electrons. The van der Waals surface area contributed by atoms with E-state index in [1.807, 2.05) is 0 Å². The molecule has 0 saturated carbocycles. The summed E-state index contributed by atoms with van der Waals surface area (Å²) >= 11 is 0. The maximum atomic E-state index is 11.6. The number of hydrogen-bond acceptors (Lipinski definition) is 6. The van der Waals surface area contributed by atoms with Gasteiger partial charge in [0.15, 0.2) is 6.29 Å². The van der Waals surface area contributed by atoms with E-state index < -0.39 is 18.0 Å². The lowest BCUT2D eigenvalue weighted by molar-refractivity contribution is -0.171. The smallest absolute Gasteiger partial charge is 0.332 e. The molecule has 0 aromatic rings. The fourth-order valence-electron chi connectivity index (χ4n) is 2.14. The summed E-state index contributed by atoms with van der Waals surface area (Å²) in [7, 11) is 0. The molecule has 0 aromatic heterocycles. The molecule has 3 aliphatic rings. The number of ether oxygens (including phenoxy) is 5. The third-order valence-corrected chi connectivity index (χ3v) is 3.26. The Hall–Kier alpha value is -0.950. The first-order valence-electron chi connectivity index (χ1n) is 6.71. The zero-order valence-corrected chi connectivity index (χ0v) is 10.7. The van der Waals surface area contributed by atoms with Crippen LogP contribution in [0, 0.1) is 0 Å². The standard InChI is InChI=1S/C13H18O6/c14-10(18-11-3-1-7-15-11)5-6-13(9-17-13)19-12-4-2-8-16-12/h5-6,11-12H,1-4,7-9H2/b6-5-. The molecule has 0 aromatic carbocycles. The molecule has 106 valence electrons. The Bertz CT molecular complexity index is 350. The summed E-state index contributed by atoms with van der Waals surface area (Å²) in [5.74, 6) is -1.23. The van der Waals surface area contributed by atoms with Gasteiger partial charge in [0, 0.05) is 25.5 Å². The molecule has 0 bridgehead atoms. The Morgan fingerprint density at radius 2 is 1.84 bits per heavy atom. The van der Waals surface area contributed by atoms with Gasteiger partial charge in [-0.05, 0) is 18.9 Å². The van der Waals surface area contributed by atoms with Gasteiger partial charge in [-0.2, -0.15) is 0 Å². The second-order valence-electron chi connectivity index (χ2n) is 4.87. The van der Waals surface area contributed by atoms with Crippen molar-refractivity contribution in [1.82, 2.24) is 0 Å². The number of epoxide rings is 1. The molecule has 0 spiro atoms. The normalized spacial score (nSPS) is 37.9. The largest absolute Gasteiger partial charge is 0.433 e. The van der Waals surface area contributed by atoms with Crippen molar-refractivity contribution in [3.63, 3.8) is 0 Å². The topological polar surface area (TPSA) is 66.5 Å². The van der Waals surface area contributed by atoms with Crippen molar-refractivity contribution in [2.24, 2.45) is 0 Å². The second kappa shape index (κ2) is 5.58. The molecule has 19 heavy (non-hydrogen) atoms. The predicted molar refractivity (Wildman–Crippen MR) is 62.9 cm³/mol. The van der Waals surface area contributed by atoms with Crippen molar-refractivity contribution < 1.29 is 28.5 Å². The van der Waals surface area contributed by atoms with Crippen LogP contribution >= 0.6 is 0 Å². The van der Waals surface area contributed by atoms with Gasteiger partial charge in [-0.25, -0.2) is 4.79 Å². The van der Waals surface area contributed by atoms with E-state index in [4.69, 9.17) is 23.7 Å². The highest BCUT2D eigenvalue weighted by Gasteiger charge is 2.46. The first-order chi connectivity index (χ1) is 9.26. The summed E-state index contributed by atoms with van der Waals surface area (Å²) in [5, 5.41) is 0. The first kappa shape index (κ1) is 13.1. The second-order valence-corrected chi connectivity index (χ2v) is 4.87. The van der Waals surface area contributed by atoms with Gasteiger partial charge in [-0.3, -0.25) is 0 Å². The van der Waals surface area contributed by atoms with Crippen molar-refractivity contribution in [3.8, 4) is 0 Å². The lowest BCUT2D eigenvalue weighted by Gasteiger charge is -2.15. The molecule has 0 amide bonds. The van der Waals surface area contributed by atoms with Gasteiger partial charge in [0.25, 0.3) is 0 Å². The molecule has 3 saturated heterocycles. The van der Waals surface area contributed by atoms with Crippen LogP contribution in [0.2, 0.25) is 0 Å². The quantitative estimate of drug-likeness (QED) is 0.423. The molecule has 3 unspecified atom stereocenters. The fraction of sp³-hybridized carbons (Fsp3) is 0.769. The average molecular weight is 270 g/mol. The number of carbonyl (C=O) groups excluding carboxylic acids is 1. The number of carbonyl (C=O) groups is 1. The molecule has 6 heteroatoms. The first-order valence-corrected chi connectivity index (χ1v) is 6.71. The molecule has 3 rings (SSSR count). The molecule has 3 fully saturated rings.